The van der Waals surface area contributed by atoms with Crippen molar-refractivity contribution in [3.63, 3.8) is 0 Å². The smallest absolute Gasteiger partial charge is 0.170 e. The van der Waals surface area contributed by atoms with E-state index in [9.17, 15) is 14.0 Å². The van der Waals surface area contributed by atoms with Crippen LogP contribution in [0.2, 0.25) is 0 Å². The summed E-state index contributed by atoms with van der Waals surface area (Å²) >= 11 is 0. The van der Waals surface area contributed by atoms with Crippen molar-refractivity contribution in [2.24, 2.45) is 5.16 Å². The SMILES string of the molecule is O=C(CC(=O)c1ccccc1)C/C(=N/O)c1ccc(F)cc1. The lowest BCUT2D eigenvalue weighted by molar-refractivity contribution is -0.117. The van der Waals surface area contributed by atoms with Crippen molar-refractivity contribution in [1.29, 1.82) is 0 Å². The van der Waals surface area contributed by atoms with Crippen molar-refractivity contribution >= 4 is 17.3 Å². The highest BCUT2D eigenvalue weighted by molar-refractivity contribution is 6.16. The Bertz CT molecular complexity index is 694. The van der Waals surface area contributed by atoms with E-state index >= 15 is 0 Å². The first kappa shape index (κ1) is 15.6. The summed E-state index contributed by atoms with van der Waals surface area (Å²) in [5.74, 6) is -1.08. The van der Waals surface area contributed by atoms with Crippen molar-refractivity contribution < 1.29 is 19.2 Å². The van der Waals surface area contributed by atoms with Crippen LogP contribution in [0.4, 0.5) is 4.39 Å². The van der Waals surface area contributed by atoms with E-state index in [1.165, 1.54) is 24.3 Å². The molecule has 0 aliphatic carbocycles. The Kier molecular flexibility index (Phi) is 5.14. The summed E-state index contributed by atoms with van der Waals surface area (Å²) in [6.45, 7) is 0. The molecule has 0 atom stereocenters. The number of carbonyl (C=O) groups is 2. The second kappa shape index (κ2) is 7.26. The van der Waals surface area contributed by atoms with Crippen LogP contribution < -0.4 is 0 Å². The monoisotopic (exact) mass is 299 g/mol. The third kappa shape index (κ3) is 4.09. The number of Topliss-reactive ketones (excluding diaryl/α,β-unsaturated/α-hetero) is 2. The molecule has 112 valence electrons. The number of carbonyl (C=O) groups excluding carboxylic acids is 2. The Labute approximate surface area is 126 Å². The van der Waals surface area contributed by atoms with Crippen molar-refractivity contribution in [3.05, 3.63) is 71.5 Å². The fourth-order valence-electron chi connectivity index (χ4n) is 1.99. The minimum Gasteiger partial charge on any atom is -0.411 e. The van der Waals surface area contributed by atoms with Crippen molar-refractivity contribution in [2.45, 2.75) is 12.8 Å². The number of benzene rings is 2. The molecule has 1 N–H and O–H groups in total. The van der Waals surface area contributed by atoms with Gasteiger partial charge in [0.1, 0.15) is 11.6 Å². The van der Waals surface area contributed by atoms with Crippen molar-refractivity contribution in [2.75, 3.05) is 0 Å². The van der Waals surface area contributed by atoms with E-state index in [-0.39, 0.29) is 30.1 Å². The molecule has 0 amide bonds. The van der Waals surface area contributed by atoms with Gasteiger partial charge in [0, 0.05) is 5.56 Å². The zero-order valence-electron chi connectivity index (χ0n) is 11.7. The van der Waals surface area contributed by atoms with Crippen LogP contribution in [0.25, 0.3) is 0 Å². The van der Waals surface area contributed by atoms with Gasteiger partial charge in [-0.15, -0.1) is 0 Å². The van der Waals surface area contributed by atoms with Crippen molar-refractivity contribution in [1.82, 2.24) is 0 Å². The van der Waals surface area contributed by atoms with Crippen LogP contribution >= 0.6 is 0 Å². The molecule has 0 saturated heterocycles. The maximum atomic E-state index is 12.9. The summed E-state index contributed by atoms with van der Waals surface area (Å²) in [6.07, 6.45) is -0.467. The third-order valence-corrected chi connectivity index (χ3v) is 3.12. The number of hydrogen-bond donors (Lipinski definition) is 1. The van der Waals surface area contributed by atoms with Crippen LogP contribution in [-0.2, 0) is 4.79 Å². The lowest BCUT2D eigenvalue weighted by Gasteiger charge is -2.04. The van der Waals surface area contributed by atoms with Gasteiger partial charge in [0.2, 0.25) is 0 Å². The van der Waals surface area contributed by atoms with Crippen LogP contribution in [0.1, 0.15) is 28.8 Å². The molecule has 22 heavy (non-hydrogen) atoms. The quantitative estimate of drug-likeness (QED) is 0.293. The van der Waals surface area contributed by atoms with E-state index < -0.39 is 5.82 Å². The van der Waals surface area contributed by atoms with Crippen LogP contribution in [0.15, 0.2) is 59.8 Å². The molecule has 0 aromatic heterocycles. The maximum Gasteiger partial charge on any atom is 0.170 e. The summed E-state index contributed by atoms with van der Waals surface area (Å²) in [7, 11) is 0. The molecular weight excluding hydrogens is 285 g/mol. The van der Waals surface area contributed by atoms with Crippen molar-refractivity contribution in [3.8, 4) is 0 Å². The Morgan fingerprint density at radius 2 is 1.55 bits per heavy atom. The molecule has 0 heterocycles. The average Bonchev–Trinajstić information content (AvgIpc) is 2.54. The Morgan fingerprint density at radius 3 is 2.14 bits per heavy atom. The van der Waals surface area contributed by atoms with Gasteiger partial charge in [0.15, 0.2) is 5.78 Å². The molecule has 2 rings (SSSR count). The van der Waals surface area contributed by atoms with Gasteiger partial charge in [-0.05, 0) is 17.7 Å². The number of nitrogens with zero attached hydrogens (tertiary/aromatic N) is 1. The number of hydrogen-bond acceptors (Lipinski definition) is 4. The van der Waals surface area contributed by atoms with Crippen LogP contribution in [0.3, 0.4) is 0 Å². The van der Waals surface area contributed by atoms with Crippen LogP contribution in [-0.4, -0.2) is 22.5 Å². The molecule has 2 aromatic carbocycles. The Hall–Kier alpha value is -2.82. The maximum absolute atomic E-state index is 12.9. The van der Waals surface area contributed by atoms with Gasteiger partial charge in [-0.2, -0.15) is 0 Å². The Morgan fingerprint density at radius 1 is 0.909 bits per heavy atom. The van der Waals surface area contributed by atoms with Crippen LogP contribution in [0, 0.1) is 5.82 Å². The molecule has 0 aliphatic rings. The molecule has 0 unspecified atom stereocenters. The highest BCUT2D eigenvalue weighted by Crippen LogP contribution is 2.10. The predicted molar refractivity (Wildman–Crippen MR) is 79.7 cm³/mol. The standard InChI is InChI=1S/C17H14FNO3/c18-14-8-6-12(7-9-14)16(19-22)10-15(20)11-17(21)13-4-2-1-3-5-13/h1-9,22H,10-11H2/b19-16-. The van der Waals surface area contributed by atoms with Gasteiger partial charge in [-0.1, -0.05) is 47.6 Å². The zero-order chi connectivity index (χ0) is 15.9. The Balaban J connectivity index is 2.01. The van der Waals surface area contributed by atoms with E-state index in [4.69, 9.17) is 5.21 Å². The fraction of sp³-hybridized carbons (Fsp3) is 0.118. The summed E-state index contributed by atoms with van der Waals surface area (Å²) in [4.78, 5) is 23.9. The highest BCUT2D eigenvalue weighted by atomic mass is 19.1. The van der Waals surface area contributed by atoms with E-state index in [2.05, 4.69) is 5.16 Å². The molecule has 0 saturated carbocycles. The van der Waals surface area contributed by atoms with Gasteiger partial charge < -0.3 is 5.21 Å². The van der Waals surface area contributed by atoms with Gasteiger partial charge in [-0.25, -0.2) is 4.39 Å². The second-order valence-electron chi connectivity index (χ2n) is 4.74. The minimum absolute atomic E-state index is 0.103. The summed E-state index contributed by atoms with van der Waals surface area (Å²) in [5.41, 5.74) is 0.996. The van der Waals surface area contributed by atoms with Gasteiger partial charge in [0.05, 0.1) is 18.6 Å². The molecule has 5 heteroatoms. The normalized spacial score (nSPS) is 11.2. The molecule has 0 fully saturated rings. The van der Waals surface area contributed by atoms with E-state index in [1.807, 2.05) is 0 Å². The molecule has 4 nitrogen and oxygen atoms in total. The average molecular weight is 299 g/mol. The molecular formula is C17H14FNO3. The highest BCUT2D eigenvalue weighted by Gasteiger charge is 2.15. The number of ketones is 2. The number of rotatable bonds is 6. The molecule has 2 aromatic rings. The second-order valence-corrected chi connectivity index (χ2v) is 4.74. The fourth-order valence-corrected chi connectivity index (χ4v) is 1.99. The summed E-state index contributed by atoms with van der Waals surface area (Å²) < 4.78 is 12.9. The van der Waals surface area contributed by atoms with Gasteiger partial charge >= 0.3 is 0 Å². The summed E-state index contributed by atoms with van der Waals surface area (Å²) in [5, 5.41) is 12.1. The molecule has 0 radical (unpaired) electrons. The largest absolute Gasteiger partial charge is 0.411 e. The van der Waals surface area contributed by atoms with Crippen LogP contribution in [0.5, 0.6) is 0 Å². The first-order valence-corrected chi connectivity index (χ1v) is 6.67. The lowest BCUT2D eigenvalue weighted by atomic mass is 10.00. The van der Waals surface area contributed by atoms with Gasteiger partial charge in [0.25, 0.3) is 0 Å². The topological polar surface area (TPSA) is 66.7 Å². The van der Waals surface area contributed by atoms with E-state index in [0.717, 1.165) is 0 Å². The van der Waals surface area contributed by atoms with Gasteiger partial charge in [-0.3, -0.25) is 9.59 Å². The number of halogens is 1. The minimum atomic E-state index is -0.424. The lowest BCUT2D eigenvalue weighted by Crippen LogP contribution is -2.14. The zero-order valence-corrected chi connectivity index (χ0v) is 11.7. The summed E-state index contributed by atoms with van der Waals surface area (Å²) in [6, 6.07) is 13.7. The molecule has 0 spiro atoms. The first-order chi connectivity index (χ1) is 10.6. The molecule has 0 aliphatic heterocycles. The number of oxime groups is 1. The molecule has 0 bridgehead atoms. The van der Waals surface area contributed by atoms with E-state index in [0.29, 0.717) is 11.1 Å². The first-order valence-electron chi connectivity index (χ1n) is 6.67. The van der Waals surface area contributed by atoms with E-state index in [1.54, 1.807) is 30.3 Å². The third-order valence-electron chi connectivity index (χ3n) is 3.12. The predicted octanol–water partition coefficient (Wildman–Crippen LogP) is 3.24.